The summed E-state index contributed by atoms with van der Waals surface area (Å²) in [5, 5.41) is 13.4. The summed E-state index contributed by atoms with van der Waals surface area (Å²) in [6, 6.07) is 8.55. The maximum absolute atomic E-state index is 15.0. The quantitative estimate of drug-likeness (QED) is 0.456. The van der Waals surface area contributed by atoms with Crippen molar-refractivity contribution in [3.63, 3.8) is 0 Å². The molecule has 0 fully saturated rings. The van der Waals surface area contributed by atoms with E-state index in [1.165, 1.54) is 23.1 Å². The Kier molecular flexibility index (Phi) is 5.35. The van der Waals surface area contributed by atoms with E-state index in [-0.39, 0.29) is 17.4 Å². The van der Waals surface area contributed by atoms with Gasteiger partial charge in [0.1, 0.15) is 11.6 Å². The number of nitrogens with zero attached hydrogens (tertiary/aromatic N) is 5. The number of rotatable bonds is 5. The Morgan fingerprint density at radius 2 is 1.88 bits per heavy atom. The van der Waals surface area contributed by atoms with Crippen molar-refractivity contribution < 1.29 is 23.8 Å². The van der Waals surface area contributed by atoms with Crippen molar-refractivity contribution >= 4 is 22.9 Å². The van der Waals surface area contributed by atoms with Gasteiger partial charge in [0.05, 0.1) is 17.9 Å². The van der Waals surface area contributed by atoms with Crippen LogP contribution in [0.1, 0.15) is 11.1 Å². The molecule has 0 atom stereocenters. The maximum atomic E-state index is 15.0. The number of halogens is 1. The predicted molar refractivity (Wildman–Crippen MR) is 116 cm³/mol. The van der Waals surface area contributed by atoms with Gasteiger partial charge in [0.2, 0.25) is 0 Å². The van der Waals surface area contributed by atoms with Gasteiger partial charge in [0, 0.05) is 25.5 Å². The first-order valence-electron chi connectivity index (χ1n) is 9.61. The van der Waals surface area contributed by atoms with Gasteiger partial charge in [0.25, 0.3) is 5.95 Å². The van der Waals surface area contributed by atoms with Crippen molar-refractivity contribution in [3.8, 4) is 23.2 Å². The number of benzene rings is 2. The summed E-state index contributed by atoms with van der Waals surface area (Å²) in [6.45, 7) is 3.79. The molecule has 0 unspecified atom stereocenters. The molecule has 0 aliphatic heterocycles. The molecule has 2 aromatic heterocycles. The van der Waals surface area contributed by atoms with Crippen LogP contribution in [0.15, 0.2) is 42.7 Å². The predicted octanol–water partition coefficient (Wildman–Crippen LogP) is 4.49. The van der Waals surface area contributed by atoms with E-state index in [4.69, 9.17) is 9.84 Å². The zero-order valence-electron chi connectivity index (χ0n) is 17.8. The molecule has 4 aromatic rings. The Hall–Kier alpha value is -4.21. The largest absolute Gasteiger partial charge is 0.511 e. The molecule has 4 rings (SSSR count). The summed E-state index contributed by atoms with van der Waals surface area (Å²) in [4.78, 5) is 21.4. The molecule has 9 nitrogen and oxygen atoms in total. The van der Waals surface area contributed by atoms with E-state index in [0.717, 1.165) is 11.1 Å². The lowest BCUT2D eigenvalue weighted by Gasteiger charge is -2.17. The van der Waals surface area contributed by atoms with Gasteiger partial charge in [-0.3, -0.25) is 0 Å². The molecule has 2 heterocycles. The third-order valence-electron chi connectivity index (χ3n) is 4.73. The van der Waals surface area contributed by atoms with Crippen LogP contribution < -0.4 is 14.4 Å². The Bertz CT molecular complexity index is 1320. The van der Waals surface area contributed by atoms with Crippen molar-refractivity contribution in [3.05, 3.63) is 59.7 Å². The highest BCUT2D eigenvalue weighted by Gasteiger charge is 2.18. The fourth-order valence-corrected chi connectivity index (χ4v) is 3.26. The van der Waals surface area contributed by atoms with Crippen LogP contribution in [-0.4, -0.2) is 45.1 Å². The second-order valence-electron chi connectivity index (χ2n) is 7.35. The molecule has 0 bridgehead atoms. The molecule has 2 aromatic carbocycles. The fourth-order valence-electron chi connectivity index (χ4n) is 3.26. The zero-order chi connectivity index (χ0) is 23.0. The molecule has 0 amide bonds. The first-order chi connectivity index (χ1) is 15.2. The minimum Gasteiger partial charge on any atom is -0.454 e. The number of hydrogen-bond acceptors (Lipinski definition) is 7. The molecule has 0 spiro atoms. The van der Waals surface area contributed by atoms with Gasteiger partial charge in [-0.05, 0) is 31.0 Å². The van der Waals surface area contributed by atoms with Crippen LogP contribution in [0.4, 0.5) is 15.0 Å². The smallest absolute Gasteiger partial charge is 0.454 e. The number of aromatic nitrogens is 4. The summed E-state index contributed by atoms with van der Waals surface area (Å²) in [5.74, 6) is 0.723. The average Bonchev–Trinajstić information content (AvgIpc) is 3.18. The highest BCUT2D eigenvalue weighted by Crippen LogP contribution is 2.35. The molecule has 0 saturated carbocycles. The van der Waals surface area contributed by atoms with E-state index in [2.05, 4.69) is 19.8 Å². The lowest BCUT2D eigenvalue weighted by molar-refractivity contribution is 0.144. The topological polar surface area (TPSA) is 103 Å². The normalized spacial score (nSPS) is 10.9. The first-order valence-corrected chi connectivity index (χ1v) is 9.61. The molecule has 32 heavy (non-hydrogen) atoms. The molecule has 0 aliphatic carbocycles. The van der Waals surface area contributed by atoms with Gasteiger partial charge in [-0.1, -0.05) is 18.2 Å². The maximum Gasteiger partial charge on any atom is 0.511 e. The minimum absolute atomic E-state index is 0.0103. The van der Waals surface area contributed by atoms with Crippen molar-refractivity contribution in [2.24, 2.45) is 0 Å². The van der Waals surface area contributed by atoms with Gasteiger partial charge in [-0.2, -0.15) is 10.1 Å². The van der Waals surface area contributed by atoms with E-state index < -0.39 is 12.0 Å². The van der Waals surface area contributed by atoms with Crippen molar-refractivity contribution in [1.82, 2.24) is 19.7 Å². The summed E-state index contributed by atoms with van der Waals surface area (Å²) in [5.41, 5.74) is 2.12. The van der Waals surface area contributed by atoms with Crippen LogP contribution in [0, 0.1) is 19.7 Å². The monoisotopic (exact) mass is 437 g/mol. The number of anilines is 1. The Morgan fingerprint density at radius 3 is 2.53 bits per heavy atom. The standard InChI is InChI=1S/C22H20FN5O4/c1-12-6-5-7-13(2)19(12)32-18-8-15-17(9-16(18)23)25-21(26-20(15)27(3)4)28-11-14(10-24-28)31-22(29)30/h5-11H,1-4H3,(H,29,30). The van der Waals surface area contributed by atoms with Crippen molar-refractivity contribution in [2.45, 2.75) is 13.8 Å². The van der Waals surface area contributed by atoms with Crippen LogP contribution in [0.3, 0.4) is 0 Å². The average molecular weight is 437 g/mol. The second kappa shape index (κ2) is 8.14. The van der Waals surface area contributed by atoms with Crippen molar-refractivity contribution in [1.29, 1.82) is 0 Å². The van der Waals surface area contributed by atoms with Crippen LogP contribution in [0.25, 0.3) is 16.9 Å². The molecular weight excluding hydrogens is 417 g/mol. The number of ether oxygens (including phenoxy) is 2. The van der Waals surface area contributed by atoms with E-state index in [9.17, 15) is 9.18 Å². The summed E-state index contributed by atoms with van der Waals surface area (Å²) < 4.78 is 26.7. The van der Waals surface area contributed by atoms with Crippen LogP contribution in [0.5, 0.6) is 17.2 Å². The number of carbonyl (C=O) groups is 1. The Labute approximate surface area is 182 Å². The van der Waals surface area contributed by atoms with Crippen molar-refractivity contribution in [2.75, 3.05) is 19.0 Å². The number of para-hydroxylation sites is 1. The van der Waals surface area contributed by atoms with E-state index in [1.807, 2.05) is 32.0 Å². The highest BCUT2D eigenvalue weighted by atomic mass is 19.1. The molecule has 1 N–H and O–H groups in total. The molecule has 0 saturated heterocycles. The van der Waals surface area contributed by atoms with Gasteiger partial charge < -0.3 is 19.5 Å². The van der Waals surface area contributed by atoms with E-state index >= 15 is 0 Å². The first kappa shape index (κ1) is 21.0. The number of carboxylic acid groups (broad SMARTS) is 1. The molecule has 10 heteroatoms. The SMILES string of the molecule is Cc1cccc(C)c1Oc1cc2c(N(C)C)nc(-n3cc(OC(=O)O)cn3)nc2cc1F. The summed E-state index contributed by atoms with van der Waals surface area (Å²) >= 11 is 0. The Balaban J connectivity index is 1.81. The third kappa shape index (κ3) is 4.02. The van der Waals surface area contributed by atoms with Gasteiger partial charge in [-0.25, -0.2) is 18.9 Å². The summed E-state index contributed by atoms with van der Waals surface area (Å²) in [6.07, 6.45) is 1.08. The number of hydrogen-bond donors (Lipinski definition) is 1. The molecule has 0 aliphatic rings. The van der Waals surface area contributed by atoms with Gasteiger partial charge in [-0.15, -0.1) is 0 Å². The summed E-state index contributed by atoms with van der Waals surface area (Å²) in [7, 11) is 3.59. The lowest BCUT2D eigenvalue weighted by atomic mass is 10.1. The van der Waals surface area contributed by atoms with Gasteiger partial charge in [0.15, 0.2) is 17.3 Å². The number of fused-ring (bicyclic) bond motifs is 1. The lowest BCUT2D eigenvalue weighted by Crippen LogP contribution is -2.14. The molecule has 0 radical (unpaired) electrons. The molecular formula is C22H20FN5O4. The van der Waals surface area contributed by atoms with E-state index in [1.54, 1.807) is 25.1 Å². The van der Waals surface area contributed by atoms with E-state index in [0.29, 0.717) is 22.5 Å². The van der Waals surface area contributed by atoms with Crippen LogP contribution in [-0.2, 0) is 0 Å². The number of aryl methyl sites for hydroxylation is 2. The zero-order valence-corrected chi connectivity index (χ0v) is 17.8. The second-order valence-corrected chi connectivity index (χ2v) is 7.35. The Morgan fingerprint density at radius 1 is 1.16 bits per heavy atom. The third-order valence-corrected chi connectivity index (χ3v) is 4.73. The van der Waals surface area contributed by atoms with Gasteiger partial charge >= 0.3 is 6.16 Å². The molecule has 164 valence electrons. The fraction of sp³-hybridized carbons (Fsp3) is 0.182. The van der Waals surface area contributed by atoms with Crippen LogP contribution in [0.2, 0.25) is 0 Å². The minimum atomic E-state index is -1.46. The highest BCUT2D eigenvalue weighted by molar-refractivity contribution is 5.91. The van der Waals surface area contributed by atoms with Crippen LogP contribution >= 0.6 is 0 Å².